The highest BCUT2D eigenvalue weighted by Crippen LogP contribution is 2.39. The number of nitrogens with zero attached hydrogens (tertiary/aromatic N) is 3. The number of rotatable bonds is 2. The minimum Gasteiger partial charge on any atom is -0.458 e. The Labute approximate surface area is 177 Å². The number of nitriles is 1. The quantitative estimate of drug-likeness (QED) is 0.400. The molecule has 0 aliphatic carbocycles. The summed E-state index contributed by atoms with van der Waals surface area (Å²) in [4.78, 5) is 30.2. The Morgan fingerprint density at radius 1 is 1.35 bits per heavy atom. The third-order valence-electron chi connectivity index (χ3n) is 6.18. The van der Waals surface area contributed by atoms with Crippen molar-refractivity contribution in [3.63, 3.8) is 0 Å². The number of fused-ring (bicyclic) bond motifs is 5. The number of carbonyl (C=O) groups is 1. The molecule has 0 spiro atoms. The lowest BCUT2D eigenvalue weighted by molar-refractivity contribution is -0.172. The Bertz CT molecular complexity index is 1460. The molecule has 0 radical (unpaired) electrons. The molecule has 1 atom stereocenters. The largest absolute Gasteiger partial charge is 0.458 e. The van der Waals surface area contributed by atoms with Crippen LogP contribution >= 0.6 is 0 Å². The van der Waals surface area contributed by atoms with Crippen LogP contribution in [0.4, 0.5) is 0 Å². The fourth-order valence-electron chi connectivity index (χ4n) is 4.49. The number of pyridine rings is 2. The average molecular weight is 411 g/mol. The third-order valence-corrected chi connectivity index (χ3v) is 6.18. The van der Waals surface area contributed by atoms with Crippen LogP contribution in [0.5, 0.6) is 0 Å². The van der Waals surface area contributed by atoms with Gasteiger partial charge < -0.3 is 14.4 Å². The van der Waals surface area contributed by atoms with Crippen LogP contribution in [-0.4, -0.2) is 20.6 Å². The van der Waals surface area contributed by atoms with E-state index in [2.05, 4.69) is 12.0 Å². The number of aliphatic hydroxyl groups is 1. The van der Waals surface area contributed by atoms with Crippen molar-refractivity contribution in [1.82, 2.24) is 9.55 Å². The van der Waals surface area contributed by atoms with Gasteiger partial charge in [0, 0.05) is 22.9 Å². The van der Waals surface area contributed by atoms with Gasteiger partial charge in [0.05, 0.1) is 34.6 Å². The molecule has 2 aliphatic heterocycles. The second-order valence-corrected chi connectivity index (χ2v) is 7.76. The molecule has 1 N–H and O–H groups in total. The van der Waals surface area contributed by atoms with E-state index >= 15 is 0 Å². The maximum atomic E-state index is 13.2. The van der Waals surface area contributed by atoms with Gasteiger partial charge in [-0.15, -0.1) is 12.3 Å². The van der Waals surface area contributed by atoms with E-state index in [0.717, 1.165) is 11.1 Å². The first-order valence-electron chi connectivity index (χ1n) is 9.89. The number of benzene rings is 1. The number of cyclic esters (lactones) is 1. The van der Waals surface area contributed by atoms with Gasteiger partial charge in [0.1, 0.15) is 12.7 Å². The van der Waals surface area contributed by atoms with E-state index in [-0.39, 0.29) is 36.3 Å². The lowest BCUT2D eigenvalue weighted by Gasteiger charge is -2.31. The van der Waals surface area contributed by atoms with Gasteiger partial charge in [-0.25, -0.2) is 9.78 Å². The van der Waals surface area contributed by atoms with Crippen LogP contribution in [0.2, 0.25) is 0 Å². The molecule has 0 amide bonds. The lowest BCUT2D eigenvalue weighted by Crippen LogP contribution is -2.44. The molecule has 2 aromatic heterocycles. The van der Waals surface area contributed by atoms with Crippen LogP contribution in [0.3, 0.4) is 0 Å². The zero-order valence-corrected chi connectivity index (χ0v) is 16.7. The topological polar surface area (TPSA) is 105 Å². The smallest absolute Gasteiger partial charge is 0.343 e. The zero-order chi connectivity index (χ0) is 21.9. The van der Waals surface area contributed by atoms with Gasteiger partial charge in [-0.05, 0) is 30.2 Å². The van der Waals surface area contributed by atoms with Crippen molar-refractivity contribution in [2.24, 2.45) is 0 Å². The third kappa shape index (κ3) is 2.48. The maximum Gasteiger partial charge on any atom is 0.343 e. The number of esters is 1. The fourth-order valence-corrected chi connectivity index (χ4v) is 4.49. The molecule has 0 unspecified atom stereocenters. The van der Waals surface area contributed by atoms with Crippen molar-refractivity contribution in [1.29, 1.82) is 5.26 Å². The first-order valence-corrected chi connectivity index (χ1v) is 9.89. The second-order valence-electron chi connectivity index (χ2n) is 7.76. The van der Waals surface area contributed by atoms with Crippen LogP contribution in [-0.2, 0) is 34.7 Å². The summed E-state index contributed by atoms with van der Waals surface area (Å²) in [5.74, 6) is 1.81. The Kier molecular flexibility index (Phi) is 4.01. The molecular formula is C24H17N3O4. The molecule has 2 aliphatic rings. The first kappa shape index (κ1) is 19.0. The molecule has 31 heavy (non-hydrogen) atoms. The van der Waals surface area contributed by atoms with E-state index < -0.39 is 11.6 Å². The second kappa shape index (κ2) is 6.53. The molecule has 0 saturated carbocycles. The predicted octanol–water partition coefficient (Wildman–Crippen LogP) is 2.13. The highest BCUT2D eigenvalue weighted by atomic mass is 16.6. The van der Waals surface area contributed by atoms with Crippen molar-refractivity contribution < 1.29 is 14.6 Å². The Morgan fingerprint density at radius 3 is 2.87 bits per heavy atom. The standard InChI is InChI=1S/C24H17N3O4/c1-3-5-13-6-7-19-15(16(13)10-25)8-14-11-27-20(21(14)26-19)9-18-17(22(27)28)12-31-23(29)24(18,30)4-2/h1,6-9,30H,4-5,11-12H2,2H3/t24-/m0/s1. The van der Waals surface area contributed by atoms with Crippen molar-refractivity contribution >= 4 is 16.9 Å². The van der Waals surface area contributed by atoms with Gasteiger partial charge in [0.2, 0.25) is 0 Å². The molecular weight excluding hydrogens is 394 g/mol. The number of terminal acetylenes is 1. The molecule has 4 heterocycles. The van der Waals surface area contributed by atoms with E-state index in [0.29, 0.717) is 34.3 Å². The minimum atomic E-state index is -1.86. The van der Waals surface area contributed by atoms with Gasteiger partial charge in [-0.2, -0.15) is 5.26 Å². The molecule has 0 saturated heterocycles. The first-order chi connectivity index (χ1) is 14.9. The molecule has 7 nitrogen and oxygen atoms in total. The van der Waals surface area contributed by atoms with Crippen LogP contribution in [0.1, 0.15) is 41.2 Å². The molecule has 5 rings (SSSR count). The molecule has 152 valence electrons. The summed E-state index contributed by atoms with van der Waals surface area (Å²) in [6, 6.07) is 9.36. The van der Waals surface area contributed by atoms with E-state index in [1.54, 1.807) is 23.6 Å². The zero-order valence-electron chi connectivity index (χ0n) is 16.7. The van der Waals surface area contributed by atoms with E-state index in [1.165, 1.54) is 0 Å². The van der Waals surface area contributed by atoms with Crippen molar-refractivity contribution in [3.8, 4) is 29.8 Å². The minimum absolute atomic E-state index is 0.0865. The lowest BCUT2D eigenvalue weighted by atomic mass is 9.86. The fraction of sp³-hybridized carbons (Fsp3) is 0.250. The number of hydrogen-bond acceptors (Lipinski definition) is 6. The summed E-state index contributed by atoms with van der Waals surface area (Å²) in [5, 5.41) is 21.3. The summed E-state index contributed by atoms with van der Waals surface area (Å²) in [5.41, 5.74) is 2.14. The van der Waals surface area contributed by atoms with Crippen molar-refractivity contribution in [2.45, 2.75) is 38.5 Å². The van der Waals surface area contributed by atoms with E-state index in [1.807, 2.05) is 12.1 Å². The van der Waals surface area contributed by atoms with Crippen LogP contribution in [0, 0.1) is 23.7 Å². The van der Waals surface area contributed by atoms with Gasteiger partial charge >= 0.3 is 5.97 Å². The van der Waals surface area contributed by atoms with Gasteiger partial charge in [-0.3, -0.25) is 4.79 Å². The number of aromatic nitrogens is 2. The molecule has 7 heteroatoms. The van der Waals surface area contributed by atoms with Crippen LogP contribution in [0.15, 0.2) is 29.1 Å². The normalized spacial score (nSPS) is 18.5. The highest BCUT2D eigenvalue weighted by Gasteiger charge is 2.45. The summed E-state index contributed by atoms with van der Waals surface area (Å²) in [7, 11) is 0. The summed E-state index contributed by atoms with van der Waals surface area (Å²) < 4.78 is 6.66. The van der Waals surface area contributed by atoms with Crippen molar-refractivity contribution in [2.75, 3.05) is 0 Å². The van der Waals surface area contributed by atoms with Gasteiger partial charge in [0.15, 0.2) is 5.60 Å². The maximum absolute atomic E-state index is 13.2. The monoisotopic (exact) mass is 411 g/mol. The summed E-state index contributed by atoms with van der Waals surface area (Å²) >= 11 is 0. The van der Waals surface area contributed by atoms with Crippen LogP contribution < -0.4 is 5.56 Å². The van der Waals surface area contributed by atoms with Crippen LogP contribution in [0.25, 0.3) is 22.3 Å². The SMILES string of the molecule is C#CCc1ccc2nc3c(cc2c1C#N)Cn1c-3cc2c(c1=O)COC(=O)[C@]2(O)CC. The molecule has 0 bridgehead atoms. The molecule has 3 aromatic rings. The van der Waals surface area contributed by atoms with Gasteiger partial charge in [-0.1, -0.05) is 13.0 Å². The van der Waals surface area contributed by atoms with E-state index in [4.69, 9.17) is 16.1 Å². The Balaban J connectivity index is 1.77. The average Bonchev–Trinajstić information content (AvgIpc) is 3.13. The van der Waals surface area contributed by atoms with Gasteiger partial charge in [0.25, 0.3) is 5.56 Å². The number of carbonyl (C=O) groups excluding carboxylic acids is 1. The Hall–Kier alpha value is -3.94. The molecule has 1 aromatic carbocycles. The highest BCUT2D eigenvalue weighted by molar-refractivity contribution is 5.90. The molecule has 0 fully saturated rings. The number of ether oxygens (including phenoxy) is 1. The predicted molar refractivity (Wildman–Crippen MR) is 112 cm³/mol. The van der Waals surface area contributed by atoms with Crippen molar-refractivity contribution in [3.05, 3.63) is 62.4 Å². The number of hydrogen-bond donors (Lipinski definition) is 1. The summed E-state index contributed by atoms with van der Waals surface area (Å²) in [6.45, 7) is 1.77. The van der Waals surface area contributed by atoms with E-state index in [9.17, 15) is 20.0 Å². The Morgan fingerprint density at radius 2 is 2.16 bits per heavy atom. The summed E-state index contributed by atoms with van der Waals surface area (Å²) in [6.07, 6.45) is 5.85.